The molecule has 1 aliphatic heterocycles. The molecule has 0 saturated carbocycles. The fourth-order valence-corrected chi connectivity index (χ4v) is 3.58. The molecule has 0 radical (unpaired) electrons. The lowest BCUT2D eigenvalue weighted by Crippen LogP contribution is -2.48. The lowest BCUT2D eigenvalue weighted by Gasteiger charge is -2.35. The predicted molar refractivity (Wildman–Crippen MR) is 116 cm³/mol. The number of aliphatic hydroxyl groups excluding tert-OH is 1. The highest BCUT2D eigenvalue weighted by Crippen LogP contribution is 2.12. The number of aliphatic hydroxyl groups is 1. The smallest absolute Gasteiger partial charge is 0.119 e. The van der Waals surface area contributed by atoms with Crippen LogP contribution in [0.25, 0.3) is 0 Å². The van der Waals surface area contributed by atoms with Crippen molar-refractivity contribution in [2.75, 3.05) is 52.5 Å². The minimum Gasteiger partial charge on any atom is -0.491 e. The van der Waals surface area contributed by atoms with Crippen LogP contribution in [0.15, 0.2) is 54.6 Å². The minimum atomic E-state index is -0.459. The van der Waals surface area contributed by atoms with E-state index >= 15 is 0 Å². The van der Waals surface area contributed by atoms with Crippen molar-refractivity contribution in [2.45, 2.75) is 26.0 Å². The van der Waals surface area contributed by atoms with E-state index in [1.54, 1.807) is 0 Å². The Morgan fingerprint density at radius 2 is 1.55 bits per heavy atom. The van der Waals surface area contributed by atoms with Crippen LogP contribution in [0.2, 0.25) is 0 Å². The van der Waals surface area contributed by atoms with Crippen molar-refractivity contribution in [3.8, 4) is 5.75 Å². The van der Waals surface area contributed by atoms with E-state index in [9.17, 15) is 5.11 Å². The largest absolute Gasteiger partial charge is 0.491 e. The number of ether oxygens (including phenoxy) is 2. The van der Waals surface area contributed by atoms with Crippen LogP contribution in [0.1, 0.15) is 18.1 Å². The van der Waals surface area contributed by atoms with Gasteiger partial charge < -0.3 is 14.6 Å². The van der Waals surface area contributed by atoms with E-state index in [0.717, 1.165) is 44.9 Å². The summed E-state index contributed by atoms with van der Waals surface area (Å²) in [6.45, 7) is 9.18. The highest BCUT2D eigenvalue weighted by molar-refractivity contribution is 5.27. The van der Waals surface area contributed by atoms with Crippen LogP contribution in [0.5, 0.6) is 5.75 Å². The third kappa shape index (κ3) is 7.78. The first-order valence-corrected chi connectivity index (χ1v) is 10.7. The van der Waals surface area contributed by atoms with Crippen LogP contribution >= 0.6 is 0 Å². The average molecular weight is 399 g/mol. The fraction of sp³-hybridized carbons (Fsp3) is 0.500. The zero-order chi connectivity index (χ0) is 20.3. The van der Waals surface area contributed by atoms with Crippen molar-refractivity contribution in [3.05, 3.63) is 65.7 Å². The topological polar surface area (TPSA) is 45.2 Å². The molecule has 5 nitrogen and oxygen atoms in total. The van der Waals surface area contributed by atoms with Crippen LogP contribution in [-0.2, 0) is 17.7 Å². The second-order valence-electron chi connectivity index (χ2n) is 7.64. The Bertz CT molecular complexity index is 685. The second kappa shape index (κ2) is 11.9. The molecule has 0 aliphatic carbocycles. The van der Waals surface area contributed by atoms with Gasteiger partial charge in [-0.05, 0) is 29.7 Å². The zero-order valence-corrected chi connectivity index (χ0v) is 17.5. The maximum absolute atomic E-state index is 10.3. The Labute approximate surface area is 174 Å². The fourth-order valence-electron chi connectivity index (χ4n) is 3.58. The highest BCUT2D eigenvalue weighted by Gasteiger charge is 2.19. The minimum absolute atomic E-state index is 0.350. The predicted octanol–water partition coefficient (Wildman–Crippen LogP) is 2.82. The normalized spacial score (nSPS) is 16.6. The molecule has 0 amide bonds. The standard InChI is InChI=1S/C24H34N2O3/c1-2-21-8-10-24(11-9-21)29-17-16-28-20-23(27)19-26-14-12-25(13-15-26)18-22-6-4-3-5-7-22/h3-11,23,27H,2,12-20H2,1H3/t23-/m0/s1. The Kier molecular flexibility index (Phi) is 8.96. The van der Waals surface area contributed by atoms with Crippen LogP contribution in [0.3, 0.4) is 0 Å². The molecule has 1 heterocycles. The molecule has 1 saturated heterocycles. The first kappa shape index (κ1) is 21.8. The van der Waals surface area contributed by atoms with Gasteiger partial charge in [-0.3, -0.25) is 9.80 Å². The summed E-state index contributed by atoms with van der Waals surface area (Å²) in [5.41, 5.74) is 2.66. The molecule has 2 aromatic rings. The second-order valence-corrected chi connectivity index (χ2v) is 7.64. The van der Waals surface area contributed by atoms with Crippen molar-refractivity contribution in [3.63, 3.8) is 0 Å². The number of β-amino-alcohol motifs (C(OH)–C–C–N with tert-alkyl or cyclic N) is 1. The van der Waals surface area contributed by atoms with E-state index in [1.165, 1.54) is 11.1 Å². The third-order valence-electron chi connectivity index (χ3n) is 5.32. The Hall–Kier alpha value is -1.92. The third-order valence-corrected chi connectivity index (χ3v) is 5.32. The first-order valence-electron chi connectivity index (χ1n) is 10.7. The molecule has 1 N–H and O–H groups in total. The Morgan fingerprint density at radius 3 is 2.24 bits per heavy atom. The van der Waals surface area contributed by atoms with Crippen molar-refractivity contribution in [1.82, 2.24) is 9.80 Å². The Balaban J connectivity index is 1.24. The van der Waals surface area contributed by atoms with Crippen molar-refractivity contribution < 1.29 is 14.6 Å². The van der Waals surface area contributed by atoms with Gasteiger partial charge >= 0.3 is 0 Å². The number of piperazine rings is 1. The van der Waals surface area contributed by atoms with Gasteiger partial charge in [0, 0.05) is 39.3 Å². The van der Waals surface area contributed by atoms with Gasteiger partial charge in [0.1, 0.15) is 12.4 Å². The summed E-state index contributed by atoms with van der Waals surface area (Å²) in [6.07, 6.45) is 0.572. The van der Waals surface area contributed by atoms with Gasteiger partial charge in [0.15, 0.2) is 0 Å². The van der Waals surface area contributed by atoms with E-state index < -0.39 is 6.10 Å². The summed E-state index contributed by atoms with van der Waals surface area (Å²) < 4.78 is 11.3. The molecular weight excluding hydrogens is 364 g/mol. The van der Waals surface area contributed by atoms with Crippen LogP contribution in [-0.4, -0.2) is 73.6 Å². The number of rotatable bonds is 11. The molecule has 0 bridgehead atoms. The molecule has 1 fully saturated rings. The van der Waals surface area contributed by atoms with Gasteiger partial charge in [-0.25, -0.2) is 0 Å². The van der Waals surface area contributed by atoms with Crippen LogP contribution in [0.4, 0.5) is 0 Å². The molecule has 0 spiro atoms. The zero-order valence-electron chi connectivity index (χ0n) is 17.5. The molecule has 0 aromatic heterocycles. The van der Waals surface area contributed by atoms with Gasteiger partial charge in [0.2, 0.25) is 0 Å². The molecule has 3 rings (SSSR count). The molecule has 5 heteroatoms. The summed E-state index contributed by atoms with van der Waals surface area (Å²) in [4.78, 5) is 4.79. The van der Waals surface area contributed by atoms with Gasteiger partial charge in [0.25, 0.3) is 0 Å². The van der Waals surface area contributed by atoms with E-state index in [-0.39, 0.29) is 0 Å². The molecule has 158 valence electrons. The number of nitrogens with zero attached hydrogens (tertiary/aromatic N) is 2. The average Bonchev–Trinajstić information content (AvgIpc) is 2.76. The lowest BCUT2D eigenvalue weighted by atomic mass is 10.2. The first-order chi connectivity index (χ1) is 14.2. The monoisotopic (exact) mass is 398 g/mol. The summed E-state index contributed by atoms with van der Waals surface area (Å²) in [5, 5.41) is 10.3. The summed E-state index contributed by atoms with van der Waals surface area (Å²) in [6, 6.07) is 18.7. The molecule has 1 aliphatic rings. The summed E-state index contributed by atoms with van der Waals surface area (Å²) in [5.74, 6) is 0.861. The molecule has 1 atom stereocenters. The molecular formula is C24H34N2O3. The van der Waals surface area contributed by atoms with Crippen molar-refractivity contribution in [1.29, 1.82) is 0 Å². The SMILES string of the molecule is CCc1ccc(OCCOC[C@@H](O)CN2CCN(Cc3ccccc3)CC2)cc1. The quantitative estimate of drug-likeness (QED) is 0.590. The van der Waals surface area contributed by atoms with E-state index in [2.05, 4.69) is 59.2 Å². The maximum atomic E-state index is 10.3. The number of aryl methyl sites for hydroxylation is 1. The Morgan fingerprint density at radius 1 is 0.862 bits per heavy atom. The molecule has 0 unspecified atom stereocenters. The lowest BCUT2D eigenvalue weighted by molar-refractivity contribution is -0.000436. The molecule has 2 aromatic carbocycles. The summed E-state index contributed by atoms with van der Waals surface area (Å²) in [7, 11) is 0. The van der Waals surface area contributed by atoms with Crippen molar-refractivity contribution in [2.24, 2.45) is 0 Å². The van der Waals surface area contributed by atoms with Crippen molar-refractivity contribution >= 4 is 0 Å². The van der Waals surface area contributed by atoms with E-state index in [1.807, 2.05) is 12.1 Å². The number of hydrogen-bond donors (Lipinski definition) is 1. The van der Waals surface area contributed by atoms with E-state index in [0.29, 0.717) is 26.4 Å². The van der Waals surface area contributed by atoms with Crippen LogP contribution in [0, 0.1) is 0 Å². The number of hydrogen-bond acceptors (Lipinski definition) is 5. The van der Waals surface area contributed by atoms with Gasteiger partial charge in [-0.15, -0.1) is 0 Å². The van der Waals surface area contributed by atoms with Gasteiger partial charge in [-0.1, -0.05) is 49.4 Å². The highest BCUT2D eigenvalue weighted by atomic mass is 16.5. The van der Waals surface area contributed by atoms with Gasteiger partial charge in [-0.2, -0.15) is 0 Å². The summed E-state index contributed by atoms with van der Waals surface area (Å²) >= 11 is 0. The van der Waals surface area contributed by atoms with Crippen LogP contribution < -0.4 is 4.74 Å². The van der Waals surface area contributed by atoms with E-state index in [4.69, 9.17) is 9.47 Å². The van der Waals surface area contributed by atoms with Gasteiger partial charge in [0.05, 0.1) is 19.3 Å². The maximum Gasteiger partial charge on any atom is 0.119 e. The molecule has 29 heavy (non-hydrogen) atoms. The number of benzene rings is 2.